The van der Waals surface area contributed by atoms with Crippen molar-refractivity contribution in [2.45, 2.75) is 85.9 Å². The zero-order valence-electron chi connectivity index (χ0n) is 22.8. The molecule has 35 heavy (non-hydrogen) atoms. The standard InChI is InChI=1S/C29H41N3O2S/c1-18(2)12-27-31-24(17-35-27)23-15-25(21-11-10-19(33-9)13-22(21)30-23)34-20-14-26(28(3,4)5)32(16-20)29(6,7)8/h10-11,13,15,17-18,20,26H,12,14,16H2,1-9H3. The van der Waals surface area contributed by atoms with E-state index in [-0.39, 0.29) is 17.1 Å². The number of thiazole rings is 1. The van der Waals surface area contributed by atoms with E-state index in [0.717, 1.165) is 58.2 Å². The summed E-state index contributed by atoms with van der Waals surface area (Å²) in [5, 5.41) is 4.27. The van der Waals surface area contributed by atoms with Gasteiger partial charge in [0.05, 0.1) is 29.0 Å². The second kappa shape index (κ2) is 9.70. The van der Waals surface area contributed by atoms with Crippen molar-refractivity contribution in [1.82, 2.24) is 14.9 Å². The fourth-order valence-corrected chi connectivity index (χ4v) is 6.03. The highest BCUT2D eigenvalue weighted by Gasteiger charge is 2.44. The quantitative estimate of drug-likeness (QED) is 0.361. The zero-order chi connectivity index (χ0) is 25.5. The van der Waals surface area contributed by atoms with Gasteiger partial charge in [0.2, 0.25) is 0 Å². The van der Waals surface area contributed by atoms with Crippen LogP contribution in [0.3, 0.4) is 0 Å². The maximum absolute atomic E-state index is 6.80. The number of aromatic nitrogens is 2. The topological polar surface area (TPSA) is 47.5 Å². The summed E-state index contributed by atoms with van der Waals surface area (Å²) >= 11 is 1.71. The highest BCUT2D eigenvalue weighted by molar-refractivity contribution is 7.09. The lowest BCUT2D eigenvalue weighted by atomic mass is 9.83. The Bertz CT molecular complexity index is 1150. The molecule has 1 fully saturated rings. The van der Waals surface area contributed by atoms with Crippen LogP contribution in [0, 0.1) is 11.3 Å². The van der Waals surface area contributed by atoms with Gasteiger partial charge in [-0.05, 0) is 44.2 Å². The van der Waals surface area contributed by atoms with Gasteiger partial charge in [0, 0.05) is 53.9 Å². The minimum absolute atomic E-state index is 0.0856. The average Bonchev–Trinajstić information content (AvgIpc) is 3.40. The van der Waals surface area contributed by atoms with Crippen molar-refractivity contribution in [2.24, 2.45) is 11.3 Å². The summed E-state index contributed by atoms with van der Waals surface area (Å²) in [6.45, 7) is 19.3. The van der Waals surface area contributed by atoms with Crippen LogP contribution in [-0.4, -0.2) is 46.2 Å². The first-order valence-corrected chi connectivity index (χ1v) is 13.6. The first-order chi connectivity index (χ1) is 16.3. The van der Waals surface area contributed by atoms with E-state index >= 15 is 0 Å². The van der Waals surface area contributed by atoms with Crippen molar-refractivity contribution in [2.75, 3.05) is 13.7 Å². The first kappa shape index (κ1) is 25.9. The molecule has 0 aliphatic carbocycles. The number of fused-ring (bicyclic) bond motifs is 1. The third kappa shape index (κ3) is 5.80. The van der Waals surface area contributed by atoms with Crippen molar-refractivity contribution < 1.29 is 9.47 Å². The molecule has 0 radical (unpaired) electrons. The number of methoxy groups -OCH3 is 1. The molecule has 4 rings (SSSR count). The third-order valence-corrected chi connectivity index (χ3v) is 7.66. The van der Waals surface area contributed by atoms with Crippen molar-refractivity contribution >= 4 is 22.2 Å². The summed E-state index contributed by atoms with van der Waals surface area (Å²) in [6, 6.07) is 8.56. The van der Waals surface area contributed by atoms with E-state index in [0.29, 0.717) is 12.0 Å². The van der Waals surface area contributed by atoms with Crippen LogP contribution in [0.1, 0.15) is 66.8 Å². The van der Waals surface area contributed by atoms with Gasteiger partial charge in [-0.1, -0.05) is 34.6 Å². The van der Waals surface area contributed by atoms with E-state index < -0.39 is 0 Å². The normalized spacial score (nSPS) is 19.6. The molecule has 0 saturated carbocycles. The predicted octanol–water partition coefficient (Wildman–Crippen LogP) is 7.23. The third-order valence-electron chi connectivity index (χ3n) is 6.79. The molecule has 1 aliphatic rings. The van der Waals surface area contributed by atoms with Gasteiger partial charge in [-0.15, -0.1) is 11.3 Å². The van der Waals surface area contributed by atoms with Gasteiger partial charge < -0.3 is 9.47 Å². The summed E-state index contributed by atoms with van der Waals surface area (Å²) in [7, 11) is 1.69. The fraction of sp³-hybridized carbons (Fsp3) is 0.586. The number of ether oxygens (including phenoxy) is 2. The lowest BCUT2D eigenvalue weighted by Crippen LogP contribution is -2.49. The molecule has 6 heteroatoms. The van der Waals surface area contributed by atoms with Gasteiger partial charge in [0.15, 0.2) is 0 Å². The number of benzene rings is 1. The molecule has 1 saturated heterocycles. The molecule has 190 valence electrons. The van der Waals surface area contributed by atoms with E-state index in [9.17, 15) is 0 Å². The van der Waals surface area contributed by atoms with Gasteiger partial charge in [-0.2, -0.15) is 0 Å². The minimum Gasteiger partial charge on any atom is -0.497 e. The summed E-state index contributed by atoms with van der Waals surface area (Å²) < 4.78 is 12.3. The number of pyridine rings is 1. The monoisotopic (exact) mass is 495 g/mol. The fourth-order valence-electron chi connectivity index (χ4n) is 5.03. The summed E-state index contributed by atoms with van der Waals surface area (Å²) in [5.74, 6) is 2.24. The molecule has 3 heterocycles. The minimum atomic E-state index is 0.0856. The van der Waals surface area contributed by atoms with Crippen molar-refractivity contribution in [3.8, 4) is 22.9 Å². The summed E-state index contributed by atoms with van der Waals surface area (Å²) in [5.41, 5.74) is 2.90. The molecule has 0 spiro atoms. The maximum Gasteiger partial charge on any atom is 0.131 e. The molecule has 0 bridgehead atoms. The highest BCUT2D eigenvalue weighted by Crippen LogP contribution is 2.40. The van der Waals surface area contributed by atoms with Gasteiger partial charge in [0.25, 0.3) is 0 Å². The maximum atomic E-state index is 6.80. The van der Waals surface area contributed by atoms with E-state index in [1.807, 2.05) is 12.1 Å². The van der Waals surface area contributed by atoms with Crippen LogP contribution in [0.25, 0.3) is 22.3 Å². The Balaban J connectivity index is 1.72. The van der Waals surface area contributed by atoms with Crippen LogP contribution < -0.4 is 9.47 Å². The number of hydrogen-bond donors (Lipinski definition) is 0. The second-order valence-corrected chi connectivity index (χ2v) is 13.2. The van der Waals surface area contributed by atoms with Crippen LogP contribution in [0.5, 0.6) is 11.5 Å². The Morgan fingerprint density at radius 2 is 1.80 bits per heavy atom. The number of likely N-dealkylation sites (tertiary alicyclic amines) is 1. The molecule has 2 atom stereocenters. The molecule has 2 aromatic heterocycles. The smallest absolute Gasteiger partial charge is 0.131 e. The summed E-state index contributed by atoms with van der Waals surface area (Å²) in [6.07, 6.45) is 2.10. The Hall–Kier alpha value is -2.18. The zero-order valence-corrected chi connectivity index (χ0v) is 23.6. The number of hydrogen-bond acceptors (Lipinski definition) is 6. The van der Waals surface area contributed by atoms with Crippen LogP contribution in [0.2, 0.25) is 0 Å². The van der Waals surface area contributed by atoms with Crippen molar-refractivity contribution in [3.63, 3.8) is 0 Å². The Labute approximate surface area is 214 Å². The molecule has 0 amide bonds. The Morgan fingerprint density at radius 1 is 1.06 bits per heavy atom. The van der Waals surface area contributed by atoms with Crippen LogP contribution in [0.4, 0.5) is 0 Å². The lowest BCUT2D eigenvalue weighted by molar-refractivity contribution is 0.0559. The molecule has 1 aliphatic heterocycles. The number of rotatable bonds is 6. The van der Waals surface area contributed by atoms with Gasteiger partial charge in [-0.25, -0.2) is 9.97 Å². The molecule has 5 nitrogen and oxygen atoms in total. The molecule has 1 aromatic carbocycles. The SMILES string of the molecule is COc1ccc2c(OC3CC(C(C)(C)C)N(C(C)(C)C)C3)cc(-c3csc(CC(C)C)n3)nc2c1. The molecular weight excluding hydrogens is 454 g/mol. The Morgan fingerprint density at radius 3 is 2.40 bits per heavy atom. The lowest BCUT2D eigenvalue weighted by Gasteiger charge is -2.42. The second-order valence-electron chi connectivity index (χ2n) is 12.3. The van der Waals surface area contributed by atoms with E-state index in [1.54, 1.807) is 18.4 Å². The van der Waals surface area contributed by atoms with E-state index in [2.05, 4.69) is 77.8 Å². The van der Waals surface area contributed by atoms with Crippen LogP contribution in [0.15, 0.2) is 29.6 Å². The van der Waals surface area contributed by atoms with Crippen molar-refractivity contribution in [1.29, 1.82) is 0 Å². The van der Waals surface area contributed by atoms with Gasteiger partial charge in [-0.3, -0.25) is 4.90 Å². The Kier molecular flexibility index (Phi) is 7.18. The van der Waals surface area contributed by atoms with E-state index in [1.165, 1.54) is 0 Å². The molecule has 3 aromatic rings. The predicted molar refractivity (Wildman–Crippen MR) is 147 cm³/mol. The first-order valence-electron chi connectivity index (χ1n) is 12.7. The van der Waals surface area contributed by atoms with E-state index in [4.69, 9.17) is 19.4 Å². The largest absolute Gasteiger partial charge is 0.497 e. The van der Waals surface area contributed by atoms with Crippen LogP contribution in [-0.2, 0) is 6.42 Å². The van der Waals surface area contributed by atoms with Gasteiger partial charge >= 0.3 is 0 Å². The number of nitrogens with zero attached hydrogens (tertiary/aromatic N) is 3. The molecule has 2 unspecified atom stereocenters. The average molecular weight is 496 g/mol. The highest BCUT2D eigenvalue weighted by atomic mass is 32.1. The summed E-state index contributed by atoms with van der Waals surface area (Å²) in [4.78, 5) is 12.5. The van der Waals surface area contributed by atoms with Crippen molar-refractivity contribution in [3.05, 3.63) is 34.7 Å². The molecule has 0 N–H and O–H groups in total. The molecular formula is C29H41N3O2S. The van der Waals surface area contributed by atoms with Crippen LogP contribution >= 0.6 is 11.3 Å². The van der Waals surface area contributed by atoms with Gasteiger partial charge in [0.1, 0.15) is 17.6 Å².